The van der Waals surface area contributed by atoms with Crippen molar-refractivity contribution in [3.05, 3.63) is 24.0 Å². The predicted molar refractivity (Wildman–Crippen MR) is 68.4 cm³/mol. The zero-order chi connectivity index (χ0) is 12.8. The van der Waals surface area contributed by atoms with Crippen LogP contribution in [0.2, 0.25) is 0 Å². The lowest BCUT2D eigenvalue weighted by Gasteiger charge is -2.16. The lowest BCUT2D eigenvalue weighted by molar-refractivity contribution is 0.0983. The number of aromatic nitrogens is 1. The molecule has 0 aliphatic rings. The fourth-order valence-corrected chi connectivity index (χ4v) is 1.74. The first-order valence-corrected chi connectivity index (χ1v) is 6.18. The van der Waals surface area contributed by atoms with Gasteiger partial charge in [0.05, 0.1) is 12.3 Å². The van der Waals surface area contributed by atoms with Gasteiger partial charge in [-0.3, -0.25) is 4.79 Å². The van der Waals surface area contributed by atoms with Crippen LogP contribution in [0.4, 0.5) is 0 Å². The quantitative estimate of drug-likeness (QED) is 0.708. The average Bonchev–Trinajstić information content (AvgIpc) is 2.28. The van der Waals surface area contributed by atoms with E-state index in [-0.39, 0.29) is 11.9 Å². The number of pyridine rings is 1. The monoisotopic (exact) mass is 235 g/mol. The number of rotatable bonds is 6. The highest BCUT2D eigenvalue weighted by Gasteiger charge is 2.08. The molecule has 3 nitrogen and oxygen atoms in total. The van der Waals surface area contributed by atoms with E-state index in [9.17, 15) is 4.79 Å². The molecule has 1 atom stereocenters. The van der Waals surface area contributed by atoms with E-state index in [0.29, 0.717) is 18.0 Å². The Hall–Kier alpha value is -1.38. The van der Waals surface area contributed by atoms with E-state index in [1.54, 1.807) is 12.3 Å². The van der Waals surface area contributed by atoms with Crippen LogP contribution >= 0.6 is 0 Å². The number of ketones is 1. The number of carbonyl (C=O) groups is 1. The smallest absolute Gasteiger partial charge is 0.180 e. The SMILES string of the molecule is CCC(=O)c1ccc(OC(C)CC(C)C)cn1. The van der Waals surface area contributed by atoms with Gasteiger partial charge in [-0.15, -0.1) is 0 Å². The summed E-state index contributed by atoms with van der Waals surface area (Å²) >= 11 is 0. The van der Waals surface area contributed by atoms with E-state index in [2.05, 4.69) is 18.8 Å². The van der Waals surface area contributed by atoms with Crippen molar-refractivity contribution in [2.45, 2.75) is 46.6 Å². The number of ether oxygens (including phenoxy) is 1. The summed E-state index contributed by atoms with van der Waals surface area (Å²) in [6, 6.07) is 3.54. The van der Waals surface area contributed by atoms with Gasteiger partial charge in [0, 0.05) is 6.42 Å². The molecule has 0 N–H and O–H groups in total. The van der Waals surface area contributed by atoms with Gasteiger partial charge in [-0.05, 0) is 31.4 Å². The summed E-state index contributed by atoms with van der Waals surface area (Å²) in [6.45, 7) is 8.21. The average molecular weight is 235 g/mol. The fraction of sp³-hybridized carbons (Fsp3) is 0.571. The molecule has 0 aliphatic carbocycles. The van der Waals surface area contributed by atoms with E-state index >= 15 is 0 Å². The Balaban J connectivity index is 2.59. The molecule has 0 aromatic carbocycles. The topological polar surface area (TPSA) is 39.2 Å². The normalized spacial score (nSPS) is 12.5. The molecule has 17 heavy (non-hydrogen) atoms. The van der Waals surface area contributed by atoms with Gasteiger partial charge in [-0.1, -0.05) is 20.8 Å². The summed E-state index contributed by atoms with van der Waals surface area (Å²) in [7, 11) is 0. The van der Waals surface area contributed by atoms with Gasteiger partial charge in [0.1, 0.15) is 11.4 Å². The van der Waals surface area contributed by atoms with Gasteiger partial charge < -0.3 is 4.74 Å². The van der Waals surface area contributed by atoms with E-state index in [1.807, 2.05) is 19.9 Å². The Morgan fingerprint density at radius 2 is 2.06 bits per heavy atom. The fourth-order valence-electron chi connectivity index (χ4n) is 1.74. The lowest BCUT2D eigenvalue weighted by atomic mass is 10.1. The first-order chi connectivity index (χ1) is 8.02. The van der Waals surface area contributed by atoms with Crippen LogP contribution in [0.5, 0.6) is 5.75 Å². The van der Waals surface area contributed by atoms with Crippen molar-refractivity contribution in [1.82, 2.24) is 4.98 Å². The van der Waals surface area contributed by atoms with Gasteiger partial charge >= 0.3 is 0 Å². The lowest BCUT2D eigenvalue weighted by Crippen LogP contribution is -2.14. The van der Waals surface area contributed by atoms with E-state index in [4.69, 9.17) is 4.74 Å². The first-order valence-electron chi connectivity index (χ1n) is 6.18. The third kappa shape index (κ3) is 4.55. The van der Waals surface area contributed by atoms with Crippen molar-refractivity contribution in [2.75, 3.05) is 0 Å². The summed E-state index contributed by atoms with van der Waals surface area (Å²) < 4.78 is 5.72. The Bertz CT molecular complexity index is 357. The predicted octanol–water partition coefficient (Wildman–Crippen LogP) is 3.49. The summed E-state index contributed by atoms with van der Waals surface area (Å²) in [6.07, 6.45) is 3.29. The molecule has 0 fully saturated rings. The molecule has 0 saturated heterocycles. The minimum atomic E-state index is 0.0618. The minimum Gasteiger partial charge on any atom is -0.489 e. The second-order valence-electron chi connectivity index (χ2n) is 4.71. The Morgan fingerprint density at radius 1 is 1.35 bits per heavy atom. The Labute approximate surface area is 103 Å². The highest BCUT2D eigenvalue weighted by Crippen LogP contribution is 2.15. The maximum atomic E-state index is 11.4. The molecular weight excluding hydrogens is 214 g/mol. The summed E-state index contributed by atoms with van der Waals surface area (Å²) in [5.41, 5.74) is 0.511. The number of hydrogen-bond acceptors (Lipinski definition) is 3. The molecular formula is C14H21NO2. The third-order valence-electron chi connectivity index (χ3n) is 2.48. The molecule has 3 heteroatoms. The Kier molecular flexibility index (Phi) is 5.13. The second kappa shape index (κ2) is 6.38. The van der Waals surface area contributed by atoms with Crippen LogP contribution in [0.25, 0.3) is 0 Å². The zero-order valence-electron chi connectivity index (χ0n) is 11.1. The molecule has 1 aromatic rings. The zero-order valence-corrected chi connectivity index (χ0v) is 11.1. The van der Waals surface area contributed by atoms with Gasteiger partial charge in [0.25, 0.3) is 0 Å². The van der Waals surface area contributed by atoms with Crippen molar-refractivity contribution in [3.8, 4) is 5.75 Å². The van der Waals surface area contributed by atoms with Crippen molar-refractivity contribution < 1.29 is 9.53 Å². The third-order valence-corrected chi connectivity index (χ3v) is 2.48. The van der Waals surface area contributed by atoms with Crippen LogP contribution in [-0.2, 0) is 0 Å². The van der Waals surface area contributed by atoms with Crippen LogP contribution in [0.1, 0.15) is 51.0 Å². The molecule has 0 saturated carbocycles. The van der Waals surface area contributed by atoms with Crippen LogP contribution in [0, 0.1) is 5.92 Å². The van der Waals surface area contributed by atoms with Crippen LogP contribution in [0.15, 0.2) is 18.3 Å². The molecule has 1 aromatic heterocycles. The summed E-state index contributed by atoms with van der Waals surface area (Å²) in [5, 5.41) is 0. The van der Waals surface area contributed by atoms with Gasteiger partial charge in [0.15, 0.2) is 5.78 Å². The van der Waals surface area contributed by atoms with Crippen molar-refractivity contribution in [1.29, 1.82) is 0 Å². The number of hydrogen-bond donors (Lipinski definition) is 0. The number of carbonyl (C=O) groups excluding carboxylic acids is 1. The van der Waals surface area contributed by atoms with E-state index < -0.39 is 0 Å². The van der Waals surface area contributed by atoms with Gasteiger partial charge in [0.2, 0.25) is 0 Å². The van der Waals surface area contributed by atoms with Crippen LogP contribution in [-0.4, -0.2) is 16.9 Å². The second-order valence-corrected chi connectivity index (χ2v) is 4.71. The highest BCUT2D eigenvalue weighted by atomic mass is 16.5. The summed E-state index contributed by atoms with van der Waals surface area (Å²) in [5.74, 6) is 1.40. The number of Topliss-reactive ketones (excluding diaryl/α,β-unsaturated/α-hetero) is 1. The molecule has 0 radical (unpaired) electrons. The molecule has 94 valence electrons. The number of nitrogens with zero attached hydrogens (tertiary/aromatic N) is 1. The first kappa shape index (κ1) is 13.7. The maximum Gasteiger partial charge on any atom is 0.180 e. The molecule has 1 rings (SSSR count). The van der Waals surface area contributed by atoms with Gasteiger partial charge in [-0.25, -0.2) is 4.98 Å². The van der Waals surface area contributed by atoms with Gasteiger partial charge in [-0.2, -0.15) is 0 Å². The maximum absolute atomic E-state index is 11.4. The summed E-state index contributed by atoms with van der Waals surface area (Å²) in [4.78, 5) is 15.5. The van der Waals surface area contributed by atoms with Crippen molar-refractivity contribution in [2.24, 2.45) is 5.92 Å². The van der Waals surface area contributed by atoms with Crippen LogP contribution in [0.3, 0.4) is 0 Å². The largest absolute Gasteiger partial charge is 0.489 e. The standard InChI is InChI=1S/C14H21NO2/c1-5-14(16)13-7-6-12(9-15-13)17-11(4)8-10(2)3/h6-7,9-11H,5,8H2,1-4H3. The minimum absolute atomic E-state index is 0.0618. The molecule has 0 spiro atoms. The molecule has 0 amide bonds. The molecule has 0 bridgehead atoms. The van der Waals surface area contributed by atoms with E-state index in [1.165, 1.54) is 0 Å². The van der Waals surface area contributed by atoms with Crippen molar-refractivity contribution >= 4 is 5.78 Å². The molecule has 0 aliphatic heterocycles. The van der Waals surface area contributed by atoms with Crippen molar-refractivity contribution in [3.63, 3.8) is 0 Å². The Morgan fingerprint density at radius 3 is 2.53 bits per heavy atom. The molecule has 1 heterocycles. The highest BCUT2D eigenvalue weighted by molar-refractivity contribution is 5.93. The van der Waals surface area contributed by atoms with Crippen LogP contribution < -0.4 is 4.74 Å². The molecule has 1 unspecified atom stereocenters. The van der Waals surface area contributed by atoms with E-state index in [0.717, 1.165) is 12.2 Å².